The Balaban J connectivity index is 1.71. The first kappa shape index (κ1) is 16.5. The Morgan fingerprint density at radius 2 is 2.10 bits per heavy atom. The lowest BCUT2D eigenvalue weighted by Gasteiger charge is -2.21. The zero-order chi connectivity index (χ0) is 15.1. The number of nitrogens with one attached hydrogen (secondary N) is 1. The molecule has 2 heterocycles. The van der Waals surface area contributed by atoms with Gasteiger partial charge in [0, 0.05) is 18.8 Å². The van der Waals surface area contributed by atoms with E-state index in [1.807, 2.05) is 6.92 Å². The number of rotatable bonds is 8. The minimum Gasteiger partial charge on any atom is -0.465 e. The topological polar surface area (TPSA) is 43.6 Å². The van der Waals surface area contributed by atoms with E-state index in [0.717, 1.165) is 57.3 Å². The molecule has 4 heteroatoms. The van der Waals surface area contributed by atoms with Gasteiger partial charge < -0.3 is 19.2 Å². The molecule has 0 radical (unpaired) electrons. The van der Waals surface area contributed by atoms with E-state index in [4.69, 9.17) is 13.9 Å². The molecule has 0 aliphatic carbocycles. The maximum absolute atomic E-state index is 5.86. The minimum absolute atomic E-state index is 0.650. The van der Waals surface area contributed by atoms with Crippen LogP contribution in [0, 0.1) is 18.8 Å². The van der Waals surface area contributed by atoms with Crippen LogP contribution >= 0.6 is 0 Å². The highest BCUT2D eigenvalue weighted by Crippen LogP contribution is 2.18. The lowest BCUT2D eigenvalue weighted by atomic mass is 10.0. The third-order valence-corrected chi connectivity index (χ3v) is 3.88. The summed E-state index contributed by atoms with van der Waals surface area (Å²) in [6.45, 7) is 11.5. The summed E-state index contributed by atoms with van der Waals surface area (Å²) in [6, 6.07) is 2.12. The first-order valence-corrected chi connectivity index (χ1v) is 8.09. The van der Waals surface area contributed by atoms with Gasteiger partial charge in [0.25, 0.3) is 0 Å². The van der Waals surface area contributed by atoms with Crippen LogP contribution in [0.4, 0.5) is 0 Å². The van der Waals surface area contributed by atoms with Crippen LogP contribution in [0.3, 0.4) is 0 Å². The molecule has 0 unspecified atom stereocenters. The van der Waals surface area contributed by atoms with Gasteiger partial charge in [-0.3, -0.25) is 0 Å². The Bertz CT molecular complexity index is 408. The van der Waals surface area contributed by atoms with Crippen molar-refractivity contribution in [2.75, 3.05) is 26.4 Å². The lowest BCUT2D eigenvalue weighted by Crippen LogP contribution is -2.20. The van der Waals surface area contributed by atoms with Gasteiger partial charge in [-0.05, 0) is 44.2 Å². The van der Waals surface area contributed by atoms with Crippen LogP contribution in [0.15, 0.2) is 10.5 Å². The molecule has 1 saturated heterocycles. The van der Waals surface area contributed by atoms with Crippen molar-refractivity contribution in [1.29, 1.82) is 0 Å². The molecule has 21 heavy (non-hydrogen) atoms. The molecule has 1 aromatic heterocycles. The molecule has 1 aliphatic heterocycles. The van der Waals surface area contributed by atoms with Crippen molar-refractivity contribution in [3.63, 3.8) is 0 Å². The smallest absolute Gasteiger partial charge is 0.118 e. The van der Waals surface area contributed by atoms with Gasteiger partial charge in [-0.1, -0.05) is 13.8 Å². The van der Waals surface area contributed by atoms with Crippen LogP contribution in [0.1, 0.15) is 43.8 Å². The Morgan fingerprint density at radius 3 is 2.81 bits per heavy atom. The number of furan rings is 1. The lowest BCUT2D eigenvalue weighted by molar-refractivity contribution is 0.0155. The van der Waals surface area contributed by atoms with E-state index in [-0.39, 0.29) is 0 Å². The molecule has 4 nitrogen and oxygen atoms in total. The molecule has 0 bridgehead atoms. The van der Waals surface area contributed by atoms with Crippen molar-refractivity contribution < 1.29 is 13.9 Å². The van der Waals surface area contributed by atoms with E-state index in [0.29, 0.717) is 18.4 Å². The Labute approximate surface area is 128 Å². The summed E-state index contributed by atoms with van der Waals surface area (Å²) >= 11 is 0. The van der Waals surface area contributed by atoms with Gasteiger partial charge in [0.1, 0.15) is 11.5 Å². The van der Waals surface area contributed by atoms with E-state index in [9.17, 15) is 0 Å². The fourth-order valence-corrected chi connectivity index (χ4v) is 2.55. The highest BCUT2D eigenvalue weighted by atomic mass is 16.5. The quantitative estimate of drug-likeness (QED) is 0.799. The van der Waals surface area contributed by atoms with E-state index in [1.165, 1.54) is 5.56 Å². The highest BCUT2D eigenvalue weighted by molar-refractivity contribution is 5.19. The van der Waals surface area contributed by atoms with Crippen molar-refractivity contribution in [2.45, 2.75) is 46.8 Å². The average molecular weight is 295 g/mol. The summed E-state index contributed by atoms with van der Waals surface area (Å²) in [7, 11) is 0. The second kappa shape index (κ2) is 8.57. The Kier molecular flexibility index (Phi) is 6.74. The predicted molar refractivity (Wildman–Crippen MR) is 83.2 cm³/mol. The molecule has 0 aromatic carbocycles. The van der Waals surface area contributed by atoms with Gasteiger partial charge in [-0.25, -0.2) is 0 Å². The summed E-state index contributed by atoms with van der Waals surface area (Å²) in [5, 5.41) is 3.40. The maximum Gasteiger partial charge on any atom is 0.118 e. The molecule has 0 saturated carbocycles. The average Bonchev–Trinajstić information content (AvgIpc) is 2.80. The van der Waals surface area contributed by atoms with Gasteiger partial charge >= 0.3 is 0 Å². The Hall–Kier alpha value is -0.840. The van der Waals surface area contributed by atoms with E-state index in [2.05, 4.69) is 25.2 Å². The summed E-state index contributed by atoms with van der Waals surface area (Å²) < 4.78 is 17.0. The normalized spacial score (nSPS) is 16.8. The largest absolute Gasteiger partial charge is 0.465 e. The molecule has 0 amide bonds. The van der Waals surface area contributed by atoms with E-state index >= 15 is 0 Å². The first-order chi connectivity index (χ1) is 10.1. The highest BCUT2D eigenvalue weighted by Gasteiger charge is 2.14. The van der Waals surface area contributed by atoms with Crippen molar-refractivity contribution in [2.24, 2.45) is 11.8 Å². The van der Waals surface area contributed by atoms with Crippen LogP contribution in [0.5, 0.6) is 0 Å². The van der Waals surface area contributed by atoms with Crippen LogP contribution in [0.25, 0.3) is 0 Å². The molecule has 0 spiro atoms. The molecule has 1 N–H and O–H groups in total. The molecular weight excluding hydrogens is 266 g/mol. The molecule has 2 rings (SSSR count). The number of hydrogen-bond donors (Lipinski definition) is 1. The zero-order valence-corrected chi connectivity index (χ0v) is 13.6. The second-order valence-corrected chi connectivity index (χ2v) is 6.39. The summed E-state index contributed by atoms with van der Waals surface area (Å²) in [4.78, 5) is 0. The summed E-state index contributed by atoms with van der Waals surface area (Å²) in [5.74, 6) is 3.28. The number of ether oxygens (including phenoxy) is 2. The van der Waals surface area contributed by atoms with Crippen molar-refractivity contribution in [1.82, 2.24) is 5.32 Å². The predicted octanol–water partition coefficient (Wildman–Crippen LogP) is 3.28. The third-order valence-electron chi connectivity index (χ3n) is 3.88. The molecule has 1 aliphatic rings. The van der Waals surface area contributed by atoms with Crippen molar-refractivity contribution >= 4 is 0 Å². The standard InChI is InChI=1S/C17H29NO3/c1-13(2)9-18-10-17-8-16(14(3)21-17)12-20-11-15-4-6-19-7-5-15/h8,13,15,18H,4-7,9-12H2,1-3H3. The van der Waals surface area contributed by atoms with Crippen molar-refractivity contribution in [3.8, 4) is 0 Å². The SMILES string of the molecule is Cc1oc(CNCC(C)C)cc1COCC1CCOCC1. The fourth-order valence-electron chi connectivity index (χ4n) is 2.55. The molecule has 0 atom stereocenters. The van der Waals surface area contributed by atoms with Gasteiger partial charge in [-0.15, -0.1) is 0 Å². The van der Waals surface area contributed by atoms with Gasteiger partial charge in [0.15, 0.2) is 0 Å². The molecular formula is C17H29NO3. The monoisotopic (exact) mass is 295 g/mol. The van der Waals surface area contributed by atoms with E-state index in [1.54, 1.807) is 0 Å². The van der Waals surface area contributed by atoms with Gasteiger partial charge in [0.2, 0.25) is 0 Å². The van der Waals surface area contributed by atoms with Crippen LogP contribution < -0.4 is 5.32 Å². The zero-order valence-electron chi connectivity index (χ0n) is 13.6. The van der Waals surface area contributed by atoms with E-state index < -0.39 is 0 Å². The fraction of sp³-hybridized carbons (Fsp3) is 0.765. The summed E-state index contributed by atoms with van der Waals surface area (Å²) in [6.07, 6.45) is 2.24. The van der Waals surface area contributed by atoms with Crippen LogP contribution in [-0.4, -0.2) is 26.4 Å². The second-order valence-electron chi connectivity index (χ2n) is 6.39. The molecule has 1 aromatic rings. The summed E-state index contributed by atoms with van der Waals surface area (Å²) in [5.41, 5.74) is 1.17. The number of aryl methyl sites for hydroxylation is 1. The Morgan fingerprint density at radius 1 is 1.33 bits per heavy atom. The maximum atomic E-state index is 5.86. The van der Waals surface area contributed by atoms with Crippen LogP contribution in [-0.2, 0) is 22.6 Å². The first-order valence-electron chi connectivity index (χ1n) is 8.09. The van der Waals surface area contributed by atoms with Crippen molar-refractivity contribution in [3.05, 3.63) is 23.2 Å². The molecule has 1 fully saturated rings. The van der Waals surface area contributed by atoms with Gasteiger partial charge in [-0.2, -0.15) is 0 Å². The minimum atomic E-state index is 0.650. The van der Waals surface area contributed by atoms with Gasteiger partial charge in [0.05, 0.1) is 19.8 Å². The third kappa shape index (κ3) is 5.81. The van der Waals surface area contributed by atoms with Crippen LogP contribution in [0.2, 0.25) is 0 Å². The molecule has 120 valence electrons. The number of hydrogen-bond acceptors (Lipinski definition) is 4.